The Hall–Kier alpha value is -2.88. The van der Waals surface area contributed by atoms with Crippen LogP contribution in [0, 0.1) is 6.92 Å². The van der Waals surface area contributed by atoms with Gasteiger partial charge < -0.3 is 4.90 Å². The van der Waals surface area contributed by atoms with Gasteiger partial charge in [0.25, 0.3) is 11.5 Å². The number of nitrogens with zero attached hydrogens (tertiary/aromatic N) is 5. The highest BCUT2D eigenvalue weighted by Gasteiger charge is 2.23. The van der Waals surface area contributed by atoms with Crippen LogP contribution in [0.25, 0.3) is 15.5 Å². The van der Waals surface area contributed by atoms with Crippen LogP contribution in [0.15, 0.2) is 52.6 Å². The zero-order valence-corrected chi connectivity index (χ0v) is 18.7. The van der Waals surface area contributed by atoms with Crippen LogP contribution in [0.5, 0.6) is 0 Å². The van der Waals surface area contributed by atoms with Crippen LogP contribution >= 0.6 is 22.7 Å². The number of fused-ring (bicyclic) bond motifs is 1. The van der Waals surface area contributed by atoms with Crippen molar-refractivity contribution in [2.75, 3.05) is 26.2 Å². The molecule has 158 valence electrons. The summed E-state index contributed by atoms with van der Waals surface area (Å²) in [5.74, 6) is 0.0979. The Morgan fingerprint density at radius 2 is 1.87 bits per heavy atom. The van der Waals surface area contributed by atoms with Crippen molar-refractivity contribution in [3.8, 4) is 10.6 Å². The average molecular weight is 452 g/mol. The molecular formula is C22H21N5O2S2. The Labute approximate surface area is 187 Å². The van der Waals surface area contributed by atoms with E-state index in [0.717, 1.165) is 34.2 Å². The summed E-state index contributed by atoms with van der Waals surface area (Å²) in [4.78, 5) is 35.3. The summed E-state index contributed by atoms with van der Waals surface area (Å²) in [6, 6.07) is 13.4. The van der Waals surface area contributed by atoms with Crippen molar-refractivity contribution in [2.45, 2.75) is 13.5 Å². The van der Waals surface area contributed by atoms with Crippen molar-refractivity contribution in [2.24, 2.45) is 0 Å². The van der Waals surface area contributed by atoms with Gasteiger partial charge in [-0.25, -0.2) is 4.98 Å². The second-order valence-corrected chi connectivity index (χ2v) is 9.50. The fourth-order valence-electron chi connectivity index (χ4n) is 3.64. The van der Waals surface area contributed by atoms with E-state index in [9.17, 15) is 9.59 Å². The first kappa shape index (κ1) is 20.0. The molecule has 0 bridgehead atoms. The smallest absolute Gasteiger partial charge is 0.275 e. The third-order valence-corrected chi connectivity index (χ3v) is 7.19. The minimum Gasteiger partial charge on any atom is -0.335 e. The molecule has 4 aromatic rings. The summed E-state index contributed by atoms with van der Waals surface area (Å²) < 4.78 is 1.38. The number of thiophene rings is 1. The number of benzene rings is 1. The molecule has 1 saturated heterocycles. The molecule has 5 rings (SSSR count). The van der Waals surface area contributed by atoms with Gasteiger partial charge in [0.2, 0.25) is 4.96 Å². The van der Waals surface area contributed by atoms with Crippen molar-refractivity contribution < 1.29 is 4.79 Å². The zero-order valence-electron chi connectivity index (χ0n) is 17.0. The van der Waals surface area contributed by atoms with Crippen molar-refractivity contribution in [1.29, 1.82) is 0 Å². The van der Waals surface area contributed by atoms with E-state index in [1.807, 2.05) is 53.6 Å². The second-order valence-electron chi connectivity index (χ2n) is 7.60. The Kier molecular flexibility index (Phi) is 5.39. The molecule has 1 amide bonds. The predicted octanol–water partition coefficient (Wildman–Crippen LogP) is 3.15. The molecule has 1 aromatic carbocycles. The third-order valence-electron chi connectivity index (χ3n) is 5.37. The van der Waals surface area contributed by atoms with Crippen LogP contribution in [0.4, 0.5) is 0 Å². The summed E-state index contributed by atoms with van der Waals surface area (Å²) in [7, 11) is 0. The quantitative estimate of drug-likeness (QED) is 0.477. The van der Waals surface area contributed by atoms with Crippen LogP contribution in [0.2, 0.25) is 0 Å². The fourth-order valence-corrected chi connectivity index (χ4v) is 5.26. The van der Waals surface area contributed by atoms with Crippen molar-refractivity contribution in [3.63, 3.8) is 0 Å². The second kappa shape index (κ2) is 8.33. The van der Waals surface area contributed by atoms with E-state index in [1.54, 1.807) is 6.07 Å². The maximum absolute atomic E-state index is 12.6. The molecule has 3 aromatic heterocycles. The number of aromatic nitrogens is 3. The first-order chi connectivity index (χ1) is 15.1. The molecule has 0 spiro atoms. The first-order valence-electron chi connectivity index (χ1n) is 10.1. The van der Waals surface area contributed by atoms with Crippen LogP contribution < -0.4 is 5.56 Å². The monoisotopic (exact) mass is 451 g/mol. The topological polar surface area (TPSA) is 70.8 Å². The molecule has 1 fully saturated rings. The number of rotatable bonds is 4. The lowest BCUT2D eigenvalue weighted by molar-refractivity contribution is 0.0632. The molecular weight excluding hydrogens is 430 g/mol. The summed E-state index contributed by atoms with van der Waals surface area (Å²) >= 11 is 2.89. The van der Waals surface area contributed by atoms with Gasteiger partial charge in [0.1, 0.15) is 5.01 Å². The molecule has 7 nitrogen and oxygen atoms in total. The minimum absolute atomic E-state index is 0.0979. The van der Waals surface area contributed by atoms with Gasteiger partial charge in [0.05, 0.1) is 10.6 Å². The van der Waals surface area contributed by atoms with E-state index >= 15 is 0 Å². The van der Waals surface area contributed by atoms with Crippen LogP contribution in [0.1, 0.15) is 20.9 Å². The van der Waals surface area contributed by atoms with Gasteiger partial charge in [-0.3, -0.25) is 14.5 Å². The Morgan fingerprint density at radius 3 is 2.58 bits per heavy atom. The van der Waals surface area contributed by atoms with E-state index in [-0.39, 0.29) is 11.5 Å². The van der Waals surface area contributed by atoms with Crippen molar-refractivity contribution >= 4 is 33.5 Å². The van der Waals surface area contributed by atoms with Gasteiger partial charge in [-0.1, -0.05) is 47.2 Å². The molecule has 1 aliphatic rings. The number of carbonyl (C=O) groups excluding carboxylic acids is 1. The van der Waals surface area contributed by atoms with Crippen molar-refractivity contribution in [1.82, 2.24) is 24.4 Å². The van der Waals surface area contributed by atoms with E-state index in [2.05, 4.69) is 15.0 Å². The summed E-state index contributed by atoms with van der Waals surface area (Å²) in [6.45, 7) is 5.50. The number of hydrogen-bond acceptors (Lipinski definition) is 7. The molecule has 31 heavy (non-hydrogen) atoms. The largest absolute Gasteiger partial charge is 0.335 e. The fraction of sp³-hybridized carbons (Fsp3) is 0.273. The average Bonchev–Trinajstić information content (AvgIpc) is 3.45. The zero-order chi connectivity index (χ0) is 21.4. The van der Waals surface area contributed by atoms with E-state index in [1.165, 1.54) is 32.8 Å². The van der Waals surface area contributed by atoms with Gasteiger partial charge >= 0.3 is 0 Å². The van der Waals surface area contributed by atoms with Gasteiger partial charge in [-0.15, -0.1) is 11.3 Å². The van der Waals surface area contributed by atoms with E-state index in [4.69, 9.17) is 0 Å². The lowest BCUT2D eigenvalue weighted by Gasteiger charge is -2.34. The summed E-state index contributed by atoms with van der Waals surface area (Å²) in [6.07, 6.45) is 0. The summed E-state index contributed by atoms with van der Waals surface area (Å²) in [5.41, 5.74) is 2.73. The highest BCUT2D eigenvalue weighted by atomic mass is 32.1. The standard InChI is InChI=1S/C22H21N5O2S2/c1-15-4-6-16(7-5-15)20-24-27-19(28)13-17(23-22(27)31-20)14-25-8-10-26(11-9-25)21(29)18-3-2-12-30-18/h2-7,12-13H,8-11,14H2,1H3. The van der Waals surface area contributed by atoms with Crippen LogP contribution in [-0.4, -0.2) is 56.5 Å². The van der Waals surface area contributed by atoms with Gasteiger partial charge in [0.15, 0.2) is 0 Å². The lowest BCUT2D eigenvalue weighted by atomic mass is 10.2. The minimum atomic E-state index is -0.166. The number of aryl methyl sites for hydroxylation is 1. The summed E-state index contributed by atoms with van der Waals surface area (Å²) in [5, 5.41) is 7.16. The molecule has 0 unspecified atom stereocenters. The van der Waals surface area contributed by atoms with Crippen molar-refractivity contribution in [3.05, 3.63) is 74.3 Å². The van der Waals surface area contributed by atoms with Crippen LogP contribution in [-0.2, 0) is 6.54 Å². The molecule has 0 N–H and O–H groups in total. The Bertz CT molecular complexity index is 1270. The maximum Gasteiger partial charge on any atom is 0.275 e. The molecule has 9 heteroatoms. The van der Waals surface area contributed by atoms with Crippen LogP contribution in [0.3, 0.4) is 0 Å². The van der Waals surface area contributed by atoms with E-state index < -0.39 is 0 Å². The molecule has 0 aliphatic carbocycles. The lowest BCUT2D eigenvalue weighted by Crippen LogP contribution is -2.48. The van der Waals surface area contributed by atoms with Gasteiger partial charge in [0, 0.05) is 44.4 Å². The first-order valence-corrected chi connectivity index (χ1v) is 11.8. The third kappa shape index (κ3) is 4.16. The molecule has 1 aliphatic heterocycles. The number of amides is 1. The highest BCUT2D eigenvalue weighted by molar-refractivity contribution is 7.19. The number of carbonyl (C=O) groups is 1. The van der Waals surface area contributed by atoms with Gasteiger partial charge in [-0.05, 0) is 18.4 Å². The highest BCUT2D eigenvalue weighted by Crippen LogP contribution is 2.24. The molecule has 0 atom stereocenters. The normalized spacial score (nSPS) is 14.9. The maximum atomic E-state index is 12.6. The SMILES string of the molecule is Cc1ccc(-c2nn3c(=O)cc(CN4CCN(C(=O)c5cccs5)CC4)nc3s2)cc1. The molecule has 0 saturated carbocycles. The van der Waals surface area contributed by atoms with Gasteiger partial charge in [-0.2, -0.15) is 9.61 Å². The Balaban J connectivity index is 1.29. The molecule has 0 radical (unpaired) electrons. The van der Waals surface area contributed by atoms with E-state index in [0.29, 0.717) is 24.6 Å². The number of piperazine rings is 1. The predicted molar refractivity (Wildman–Crippen MR) is 123 cm³/mol. The number of hydrogen-bond donors (Lipinski definition) is 0. The Morgan fingerprint density at radius 1 is 1.10 bits per heavy atom. The molecule has 4 heterocycles.